The number of hydroxylamine groups is 2. The van der Waals surface area contributed by atoms with E-state index in [0.29, 0.717) is 26.2 Å². The number of rotatable bonds is 6. The van der Waals surface area contributed by atoms with Gasteiger partial charge in [0.25, 0.3) is 5.69 Å². The van der Waals surface area contributed by atoms with Crippen molar-refractivity contribution < 1.29 is 24.0 Å². The Kier molecular flexibility index (Phi) is 6.64. The second-order valence-corrected chi connectivity index (χ2v) is 7.16. The van der Waals surface area contributed by atoms with Crippen molar-refractivity contribution in [2.45, 2.75) is 13.8 Å². The molecule has 2 aromatic rings. The zero-order valence-electron chi connectivity index (χ0n) is 17.4. The fourth-order valence-corrected chi connectivity index (χ4v) is 3.59. The number of non-ortho nitro benzene ring substituents is 1. The zero-order chi connectivity index (χ0) is 22.6. The summed E-state index contributed by atoms with van der Waals surface area (Å²) in [6.45, 7) is 4.64. The highest BCUT2D eigenvalue weighted by Crippen LogP contribution is 2.25. The van der Waals surface area contributed by atoms with Crippen LogP contribution in [0.1, 0.15) is 24.2 Å². The van der Waals surface area contributed by atoms with Gasteiger partial charge in [-0.1, -0.05) is 6.07 Å². The first-order chi connectivity index (χ1) is 14.7. The molecule has 0 bridgehead atoms. The highest BCUT2D eigenvalue weighted by atomic mass is 16.6. The average Bonchev–Trinajstić information content (AvgIpc) is 2.78. The molecule has 0 aliphatic carbocycles. The van der Waals surface area contributed by atoms with E-state index >= 15 is 0 Å². The normalized spacial score (nSPS) is 16.4. The van der Waals surface area contributed by atoms with Gasteiger partial charge in [0.2, 0.25) is 0 Å². The minimum absolute atomic E-state index is 0.0187. The highest BCUT2D eigenvalue weighted by molar-refractivity contribution is 5.89. The lowest BCUT2D eigenvalue weighted by molar-refractivity contribution is -0.920. The SMILES string of the molecule is CC[N+]([O-])(C(=O)c1cccc(OC(C)=O)c1)N1CCN(c2ccc([N+](=O)[O-])cc2)CC1. The van der Waals surface area contributed by atoms with Crippen molar-refractivity contribution in [2.24, 2.45) is 0 Å². The third kappa shape index (κ3) is 4.88. The van der Waals surface area contributed by atoms with Crippen molar-refractivity contribution in [2.75, 3.05) is 37.6 Å². The first kappa shape index (κ1) is 22.3. The molecule has 10 nitrogen and oxygen atoms in total. The standard InChI is InChI=1S/C21H24N4O6/c1-3-25(30,21(27)17-5-4-6-20(15-17)31-16(2)26)23-13-11-22(12-14-23)18-7-9-19(10-8-18)24(28)29/h4-10,15H,3,11-14H2,1-2H3. The molecule has 1 amide bonds. The Balaban J connectivity index is 1.71. The number of hydrogen-bond acceptors (Lipinski definition) is 8. The van der Waals surface area contributed by atoms with Crippen LogP contribution in [0.4, 0.5) is 11.4 Å². The van der Waals surface area contributed by atoms with Gasteiger partial charge in [-0.3, -0.25) is 14.9 Å². The fourth-order valence-electron chi connectivity index (χ4n) is 3.59. The number of nitro benzene ring substituents is 1. The fraction of sp³-hybridized carbons (Fsp3) is 0.333. The van der Waals surface area contributed by atoms with Gasteiger partial charge in [-0.15, -0.1) is 5.01 Å². The molecule has 2 aromatic carbocycles. The van der Waals surface area contributed by atoms with Crippen LogP contribution < -0.4 is 9.64 Å². The Morgan fingerprint density at radius 2 is 1.74 bits per heavy atom. The molecular weight excluding hydrogens is 404 g/mol. The Morgan fingerprint density at radius 1 is 1.10 bits per heavy atom. The topological polar surface area (TPSA) is 116 Å². The van der Waals surface area contributed by atoms with Gasteiger partial charge in [-0.25, -0.2) is 9.55 Å². The quantitative estimate of drug-likeness (QED) is 0.227. The van der Waals surface area contributed by atoms with E-state index < -0.39 is 21.6 Å². The Hall–Kier alpha value is -3.34. The monoisotopic (exact) mass is 428 g/mol. The summed E-state index contributed by atoms with van der Waals surface area (Å²) < 4.78 is 3.88. The summed E-state index contributed by atoms with van der Waals surface area (Å²) >= 11 is 0. The van der Waals surface area contributed by atoms with Crippen molar-refractivity contribution >= 4 is 23.3 Å². The smallest absolute Gasteiger partial charge is 0.365 e. The van der Waals surface area contributed by atoms with Crippen molar-refractivity contribution in [1.29, 1.82) is 0 Å². The molecule has 1 fully saturated rings. The molecule has 1 aliphatic rings. The first-order valence-corrected chi connectivity index (χ1v) is 9.92. The number of nitrogens with zero attached hydrogens (tertiary/aromatic N) is 4. The number of hydrogen-bond donors (Lipinski definition) is 0. The van der Waals surface area contributed by atoms with Crippen LogP contribution in [-0.4, -0.2) is 59.3 Å². The molecule has 1 atom stereocenters. The van der Waals surface area contributed by atoms with E-state index in [2.05, 4.69) is 0 Å². The molecule has 1 saturated heterocycles. The van der Waals surface area contributed by atoms with Gasteiger partial charge in [0, 0.05) is 37.8 Å². The number of quaternary nitrogens is 1. The Labute approximate surface area is 179 Å². The van der Waals surface area contributed by atoms with E-state index in [0.717, 1.165) is 5.69 Å². The lowest BCUT2D eigenvalue weighted by Crippen LogP contribution is -2.64. The Morgan fingerprint density at radius 3 is 2.29 bits per heavy atom. The zero-order valence-corrected chi connectivity index (χ0v) is 17.4. The summed E-state index contributed by atoms with van der Waals surface area (Å²) in [6, 6.07) is 12.3. The molecule has 1 unspecified atom stereocenters. The number of amides is 1. The van der Waals surface area contributed by atoms with Crippen molar-refractivity contribution in [3.63, 3.8) is 0 Å². The largest absolute Gasteiger partial charge is 0.604 e. The Bertz CT molecular complexity index is 972. The maximum atomic E-state index is 13.5. The van der Waals surface area contributed by atoms with Crippen molar-refractivity contribution in [3.05, 3.63) is 69.4 Å². The maximum Gasteiger partial charge on any atom is 0.365 e. The number of esters is 1. The molecule has 0 aromatic heterocycles. The van der Waals surface area contributed by atoms with Crippen LogP contribution in [-0.2, 0) is 4.79 Å². The molecular formula is C21H24N4O6. The summed E-state index contributed by atoms with van der Waals surface area (Å²) in [4.78, 5) is 36.7. The molecule has 0 spiro atoms. The molecule has 0 saturated carbocycles. The second kappa shape index (κ2) is 9.21. The number of carbonyl (C=O) groups is 2. The van der Waals surface area contributed by atoms with Crippen LogP contribution in [0, 0.1) is 15.3 Å². The predicted octanol–water partition coefficient (Wildman–Crippen LogP) is 2.73. The second-order valence-electron chi connectivity index (χ2n) is 7.16. The first-order valence-electron chi connectivity index (χ1n) is 9.92. The molecule has 1 heterocycles. The molecule has 31 heavy (non-hydrogen) atoms. The number of nitro groups is 1. The van der Waals surface area contributed by atoms with Gasteiger partial charge in [0.05, 0.1) is 23.6 Å². The number of piperazine rings is 1. The van der Waals surface area contributed by atoms with E-state index in [1.807, 2.05) is 4.90 Å². The molecule has 10 heteroatoms. The number of benzene rings is 2. The van der Waals surface area contributed by atoms with E-state index in [-0.39, 0.29) is 23.5 Å². The van der Waals surface area contributed by atoms with Crippen LogP contribution in [0.5, 0.6) is 5.75 Å². The highest BCUT2D eigenvalue weighted by Gasteiger charge is 2.37. The van der Waals surface area contributed by atoms with Gasteiger partial charge in [0.1, 0.15) is 12.3 Å². The van der Waals surface area contributed by atoms with E-state index in [4.69, 9.17) is 4.74 Å². The van der Waals surface area contributed by atoms with Crippen LogP contribution in [0.2, 0.25) is 0 Å². The van der Waals surface area contributed by atoms with Crippen LogP contribution in [0.3, 0.4) is 0 Å². The van der Waals surface area contributed by atoms with Crippen LogP contribution >= 0.6 is 0 Å². The molecule has 1 aliphatic heterocycles. The summed E-state index contributed by atoms with van der Waals surface area (Å²) in [5.74, 6) is -0.922. The summed E-state index contributed by atoms with van der Waals surface area (Å²) in [7, 11) is 0. The van der Waals surface area contributed by atoms with Gasteiger partial charge in [-0.05, 0) is 37.3 Å². The average molecular weight is 428 g/mol. The van der Waals surface area contributed by atoms with Gasteiger partial charge >= 0.3 is 11.9 Å². The van der Waals surface area contributed by atoms with Crippen molar-refractivity contribution in [1.82, 2.24) is 5.01 Å². The summed E-state index contributed by atoms with van der Waals surface area (Å²) in [5.41, 5.74) is 1.02. The maximum absolute atomic E-state index is 13.5. The third-order valence-corrected chi connectivity index (χ3v) is 5.23. The van der Waals surface area contributed by atoms with E-state index in [1.54, 1.807) is 36.2 Å². The molecule has 164 valence electrons. The molecule has 0 N–H and O–H groups in total. The molecule has 3 rings (SSSR count). The summed E-state index contributed by atoms with van der Waals surface area (Å²) in [6.07, 6.45) is 0. The number of ether oxygens (including phenoxy) is 1. The van der Waals surface area contributed by atoms with E-state index in [1.165, 1.54) is 31.2 Å². The van der Waals surface area contributed by atoms with E-state index in [9.17, 15) is 24.9 Å². The number of anilines is 1. The lowest BCUT2D eigenvalue weighted by atomic mass is 10.2. The van der Waals surface area contributed by atoms with Gasteiger partial charge < -0.3 is 14.8 Å². The van der Waals surface area contributed by atoms with Gasteiger partial charge in [0.15, 0.2) is 0 Å². The van der Waals surface area contributed by atoms with Gasteiger partial charge in [-0.2, -0.15) is 0 Å². The third-order valence-electron chi connectivity index (χ3n) is 5.23. The lowest BCUT2D eigenvalue weighted by Gasteiger charge is -2.49. The number of carbonyl (C=O) groups excluding carboxylic acids is 2. The van der Waals surface area contributed by atoms with Crippen LogP contribution in [0.25, 0.3) is 0 Å². The van der Waals surface area contributed by atoms with Crippen molar-refractivity contribution in [3.8, 4) is 5.75 Å². The minimum atomic E-state index is -1.14. The predicted molar refractivity (Wildman–Crippen MR) is 113 cm³/mol. The summed E-state index contributed by atoms with van der Waals surface area (Å²) in [5, 5.41) is 25.9. The minimum Gasteiger partial charge on any atom is -0.604 e. The molecule has 0 radical (unpaired) electrons. The van der Waals surface area contributed by atoms with Crippen LogP contribution in [0.15, 0.2) is 48.5 Å².